The quantitative estimate of drug-likeness (QED) is 0.272. The molecule has 8 nitrogen and oxygen atoms in total. The molecular formula is C27H41ClN3O5S+. The molecule has 0 saturated heterocycles. The number of amides is 1. The van der Waals surface area contributed by atoms with Crippen molar-refractivity contribution in [3.05, 3.63) is 64.7 Å². The van der Waals surface area contributed by atoms with Crippen LogP contribution in [0.2, 0.25) is 5.02 Å². The number of methoxy groups -OCH3 is 1. The van der Waals surface area contributed by atoms with Gasteiger partial charge in [0.05, 0.1) is 20.2 Å². The minimum atomic E-state index is -4.17. The molecule has 0 heterocycles. The van der Waals surface area contributed by atoms with E-state index in [0.717, 1.165) is 16.9 Å². The number of carbonyl (C=O) groups is 1. The Kier molecular flexibility index (Phi) is 12.3. The molecule has 0 aromatic heterocycles. The van der Waals surface area contributed by atoms with Gasteiger partial charge in [0, 0.05) is 31.0 Å². The molecule has 2 atom stereocenters. The van der Waals surface area contributed by atoms with Crippen molar-refractivity contribution in [3.8, 4) is 5.75 Å². The minimum Gasteiger partial charge on any atom is -0.497 e. The van der Waals surface area contributed by atoms with Gasteiger partial charge >= 0.3 is 10.2 Å². The monoisotopic (exact) mass is 554 g/mol. The number of benzene rings is 2. The SMILES string of the molecule is CCC[N+](CCC)(C(Cc1ccc(Cl)cc1)C(O)CNCc1cccc(OC)c1)S(=O)(=O)NC(=O)CC. The van der Waals surface area contributed by atoms with Crippen LogP contribution in [0.5, 0.6) is 5.75 Å². The number of nitrogens with one attached hydrogen (secondary N) is 2. The van der Waals surface area contributed by atoms with Crippen LogP contribution in [-0.4, -0.2) is 62.2 Å². The summed E-state index contributed by atoms with van der Waals surface area (Å²) < 4.78 is 34.8. The van der Waals surface area contributed by atoms with Gasteiger partial charge in [-0.1, -0.05) is 56.6 Å². The van der Waals surface area contributed by atoms with E-state index in [1.54, 1.807) is 26.2 Å². The molecule has 3 N–H and O–H groups in total. The maximum atomic E-state index is 13.8. The fraction of sp³-hybridized carbons (Fsp3) is 0.519. The smallest absolute Gasteiger partial charge is 0.396 e. The summed E-state index contributed by atoms with van der Waals surface area (Å²) in [5.74, 6) is 0.172. The van der Waals surface area contributed by atoms with Gasteiger partial charge in [-0.2, -0.15) is 12.3 Å². The lowest BCUT2D eigenvalue weighted by Gasteiger charge is -2.44. The summed E-state index contributed by atoms with van der Waals surface area (Å²) in [6.45, 7) is 6.58. The minimum absolute atomic E-state index is 0.0456. The Bertz CT molecular complexity index is 1090. The summed E-state index contributed by atoms with van der Waals surface area (Å²) in [5.41, 5.74) is 1.83. The van der Waals surface area contributed by atoms with E-state index in [4.69, 9.17) is 16.3 Å². The van der Waals surface area contributed by atoms with Gasteiger partial charge in [0.15, 0.2) is 0 Å². The van der Waals surface area contributed by atoms with E-state index in [1.165, 1.54) is 0 Å². The van der Waals surface area contributed by atoms with E-state index in [-0.39, 0.29) is 26.1 Å². The fourth-order valence-corrected chi connectivity index (χ4v) is 6.84. The summed E-state index contributed by atoms with van der Waals surface area (Å²) in [5, 5.41) is 15.4. The van der Waals surface area contributed by atoms with E-state index in [9.17, 15) is 18.3 Å². The molecule has 10 heteroatoms. The molecule has 0 radical (unpaired) electrons. The molecule has 2 aromatic carbocycles. The third-order valence-corrected chi connectivity index (χ3v) is 8.80. The molecule has 0 bridgehead atoms. The van der Waals surface area contributed by atoms with Crippen molar-refractivity contribution >= 4 is 27.7 Å². The number of rotatable bonds is 16. The largest absolute Gasteiger partial charge is 0.497 e. The summed E-state index contributed by atoms with van der Waals surface area (Å²) >= 11 is 6.08. The van der Waals surface area contributed by atoms with Crippen LogP contribution in [0.15, 0.2) is 48.5 Å². The molecule has 0 aliphatic carbocycles. The van der Waals surface area contributed by atoms with Crippen LogP contribution in [0.25, 0.3) is 0 Å². The van der Waals surface area contributed by atoms with Crippen molar-refractivity contribution in [1.82, 2.24) is 10.0 Å². The Labute approximate surface area is 226 Å². The van der Waals surface area contributed by atoms with Gasteiger partial charge < -0.3 is 15.2 Å². The molecule has 0 aliphatic heterocycles. The zero-order valence-electron chi connectivity index (χ0n) is 22.2. The topological polar surface area (TPSA) is 105 Å². The van der Waals surface area contributed by atoms with Gasteiger partial charge in [0.25, 0.3) is 0 Å². The molecule has 206 valence electrons. The van der Waals surface area contributed by atoms with E-state index in [2.05, 4.69) is 10.0 Å². The number of aliphatic hydroxyl groups is 1. The number of halogens is 1. The highest BCUT2D eigenvalue weighted by molar-refractivity contribution is 7.84. The molecule has 0 saturated carbocycles. The molecule has 0 aliphatic rings. The standard InChI is InChI=1S/C27H40ClN3O5S/c1-5-15-31(16-6-2,37(34,35)30-27(33)7-3)25(18-21-11-13-23(28)14-12-21)26(32)20-29-19-22-9-8-10-24(17-22)36-4/h8-14,17,25-26,29,32H,5-7,15-16,18-20H2,1-4H3/p+1. The Morgan fingerprint density at radius 2 is 1.70 bits per heavy atom. The van der Waals surface area contributed by atoms with Gasteiger partial charge in [0.1, 0.15) is 17.9 Å². The maximum Gasteiger partial charge on any atom is 0.396 e. The van der Waals surface area contributed by atoms with E-state index < -0.39 is 32.2 Å². The molecule has 1 amide bonds. The summed E-state index contributed by atoms with van der Waals surface area (Å²) in [4.78, 5) is 12.3. The average molecular weight is 555 g/mol. The zero-order valence-corrected chi connectivity index (χ0v) is 23.8. The van der Waals surface area contributed by atoms with Crippen LogP contribution in [-0.2, 0) is 28.0 Å². The van der Waals surface area contributed by atoms with Crippen molar-refractivity contribution in [3.63, 3.8) is 0 Å². The zero-order chi connectivity index (χ0) is 27.5. The first-order chi connectivity index (χ1) is 17.6. The van der Waals surface area contributed by atoms with Crippen LogP contribution in [0, 0.1) is 0 Å². The van der Waals surface area contributed by atoms with Crippen molar-refractivity contribution in [2.75, 3.05) is 26.7 Å². The lowest BCUT2D eigenvalue weighted by Crippen LogP contribution is -2.68. The van der Waals surface area contributed by atoms with Gasteiger partial charge in [-0.25, -0.2) is 4.72 Å². The van der Waals surface area contributed by atoms with Crippen molar-refractivity contribution in [2.24, 2.45) is 0 Å². The van der Waals surface area contributed by atoms with Gasteiger partial charge in [-0.15, -0.1) is 0 Å². The molecule has 37 heavy (non-hydrogen) atoms. The van der Waals surface area contributed by atoms with E-state index >= 15 is 0 Å². The Balaban J connectivity index is 2.44. The summed E-state index contributed by atoms with van der Waals surface area (Å²) in [7, 11) is -2.57. The highest BCUT2D eigenvalue weighted by atomic mass is 35.5. The number of nitrogens with zero attached hydrogens (tertiary/aromatic N) is 1. The molecular weight excluding hydrogens is 514 g/mol. The summed E-state index contributed by atoms with van der Waals surface area (Å²) in [6, 6.07) is 14.1. The molecule has 2 rings (SSSR count). The number of hydrogen-bond donors (Lipinski definition) is 3. The second-order valence-electron chi connectivity index (χ2n) is 9.20. The normalized spacial score (nSPS) is 13.7. The first-order valence-electron chi connectivity index (χ1n) is 12.8. The van der Waals surface area contributed by atoms with Crippen molar-refractivity contribution in [1.29, 1.82) is 0 Å². The van der Waals surface area contributed by atoms with Crippen molar-refractivity contribution in [2.45, 2.75) is 65.1 Å². The van der Waals surface area contributed by atoms with Gasteiger partial charge in [-0.3, -0.25) is 4.79 Å². The maximum absolute atomic E-state index is 13.8. The highest BCUT2D eigenvalue weighted by Gasteiger charge is 2.51. The average Bonchev–Trinajstić information content (AvgIpc) is 2.87. The first kappa shape index (κ1) is 31.1. The number of hydrogen-bond acceptors (Lipinski definition) is 6. The molecule has 0 fully saturated rings. The second kappa shape index (κ2) is 14.7. The van der Waals surface area contributed by atoms with E-state index in [1.807, 2.05) is 50.2 Å². The molecule has 2 aromatic rings. The fourth-order valence-electron chi connectivity index (χ4n) is 4.69. The van der Waals surface area contributed by atoms with Gasteiger partial charge in [0.2, 0.25) is 5.91 Å². The first-order valence-corrected chi connectivity index (χ1v) is 14.6. The van der Waals surface area contributed by atoms with Crippen LogP contribution >= 0.6 is 11.6 Å². The predicted molar refractivity (Wildman–Crippen MR) is 148 cm³/mol. The second-order valence-corrected chi connectivity index (χ2v) is 11.5. The Morgan fingerprint density at radius 1 is 1.05 bits per heavy atom. The molecule has 0 spiro atoms. The number of aliphatic hydroxyl groups excluding tert-OH is 1. The third-order valence-electron chi connectivity index (χ3n) is 6.47. The third kappa shape index (κ3) is 8.41. The Hall–Kier alpha value is -2.17. The predicted octanol–water partition coefficient (Wildman–Crippen LogP) is 3.82. The van der Waals surface area contributed by atoms with Crippen LogP contribution in [0.1, 0.15) is 51.2 Å². The molecule has 2 unspecified atom stereocenters. The van der Waals surface area contributed by atoms with Crippen LogP contribution in [0.4, 0.5) is 0 Å². The summed E-state index contributed by atoms with van der Waals surface area (Å²) in [6.07, 6.45) is 0.433. The van der Waals surface area contributed by atoms with E-state index in [0.29, 0.717) is 30.8 Å². The number of ether oxygens (including phenoxy) is 1. The lowest BCUT2D eigenvalue weighted by molar-refractivity contribution is -0.838. The van der Waals surface area contributed by atoms with Gasteiger partial charge in [-0.05, 0) is 48.2 Å². The lowest BCUT2D eigenvalue weighted by atomic mass is 9.98. The highest BCUT2D eigenvalue weighted by Crippen LogP contribution is 2.28. The van der Waals surface area contributed by atoms with Crippen molar-refractivity contribution < 1.29 is 26.9 Å². The number of quaternary nitrogens is 1. The Morgan fingerprint density at radius 3 is 2.27 bits per heavy atom. The number of carbonyl (C=O) groups excluding carboxylic acids is 1. The van der Waals surface area contributed by atoms with Crippen LogP contribution < -0.4 is 14.8 Å². The van der Waals surface area contributed by atoms with Crippen LogP contribution in [0.3, 0.4) is 0 Å².